The number of carbonyl (C=O) groups excluding carboxylic acids is 1. The van der Waals surface area contributed by atoms with Crippen molar-refractivity contribution < 1.29 is 19.4 Å². The quantitative estimate of drug-likeness (QED) is 0.447. The number of hydrazone groups is 1. The summed E-state index contributed by atoms with van der Waals surface area (Å²) in [6, 6.07) is 19.1. The Balaban J connectivity index is 1.60. The lowest BCUT2D eigenvalue weighted by Crippen LogP contribution is -2.17. The molecule has 0 aromatic heterocycles. The number of nitrogens with one attached hydrogen (secondary N) is 1. The molecule has 0 fully saturated rings. The summed E-state index contributed by atoms with van der Waals surface area (Å²) in [7, 11) is 1.48. The Bertz CT molecular complexity index is 1040. The Morgan fingerprint density at radius 2 is 1.93 bits per heavy atom. The van der Waals surface area contributed by atoms with Gasteiger partial charge < -0.3 is 14.6 Å². The second-order valence-corrected chi connectivity index (χ2v) is 6.44. The first-order valence-corrected chi connectivity index (χ1v) is 9.11. The zero-order chi connectivity index (χ0) is 20.6. The van der Waals surface area contributed by atoms with Gasteiger partial charge >= 0.3 is 0 Å². The van der Waals surface area contributed by atoms with Gasteiger partial charge in [0, 0.05) is 16.7 Å². The van der Waals surface area contributed by atoms with Crippen LogP contribution in [0.1, 0.15) is 21.5 Å². The molecule has 7 heteroatoms. The van der Waals surface area contributed by atoms with Crippen LogP contribution in [-0.2, 0) is 6.61 Å². The van der Waals surface area contributed by atoms with E-state index < -0.39 is 5.91 Å². The van der Waals surface area contributed by atoms with Crippen LogP contribution in [0.5, 0.6) is 17.2 Å². The molecule has 0 heterocycles. The SMILES string of the molecule is COc1ccc(C(=O)N/N=C\c2cccc(OCc3ccccc3Cl)c2)c(O)c1. The molecular formula is C22H19ClN2O4. The van der Waals surface area contributed by atoms with Crippen LogP contribution in [0, 0.1) is 0 Å². The molecule has 0 saturated carbocycles. The molecule has 0 saturated heterocycles. The Hall–Kier alpha value is -3.51. The summed E-state index contributed by atoms with van der Waals surface area (Å²) < 4.78 is 10.8. The lowest BCUT2D eigenvalue weighted by atomic mass is 10.2. The van der Waals surface area contributed by atoms with E-state index in [-0.39, 0.29) is 11.3 Å². The first-order chi connectivity index (χ1) is 14.1. The maximum atomic E-state index is 12.2. The fourth-order valence-corrected chi connectivity index (χ4v) is 2.71. The third-order valence-electron chi connectivity index (χ3n) is 4.04. The van der Waals surface area contributed by atoms with Crippen molar-refractivity contribution in [3.05, 3.63) is 88.4 Å². The fraction of sp³-hybridized carbons (Fsp3) is 0.0909. The van der Waals surface area contributed by atoms with Gasteiger partial charge in [-0.1, -0.05) is 41.9 Å². The molecule has 29 heavy (non-hydrogen) atoms. The Morgan fingerprint density at radius 3 is 2.69 bits per heavy atom. The number of hydrogen-bond acceptors (Lipinski definition) is 5. The number of nitrogens with zero attached hydrogens (tertiary/aromatic N) is 1. The number of hydrogen-bond donors (Lipinski definition) is 2. The summed E-state index contributed by atoms with van der Waals surface area (Å²) in [6.45, 7) is 0.341. The van der Waals surface area contributed by atoms with E-state index in [1.165, 1.54) is 25.5 Å². The summed E-state index contributed by atoms with van der Waals surface area (Å²) in [5.74, 6) is 0.378. The van der Waals surface area contributed by atoms with Crippen LogP contribution < -0.4 is 14.9 Å². The molecule has 148 valence electrons. The molecule has 0 bridgehead atoms. The molecule has 6 nitrogen and oxygen atoms in total. The zero-order valence-electron chi connectivity index (χ0n) is 15.6. The van der Waals surface area contributed by atoms with Gasteiger partial charge in [-0.15, -0.1) is 0 Å². The van der Waals surface area contributed by atoms with Gasteiger partial charge in [-0.2, -0.15) is 5.10 Å². The van der Waals surface area contributed by atoms with E-state index in [4.69, 9.17) is 21.1 Å². The van der Waals surface area contributed by atoms with Gasteiger partial charge in [0.05, 0.1) is 18.9 Å². The van der Waals surface area contributed by atoms with Crippen molar-refractivity contribution in [3.63, 3.8) is 0 Å². The zero-order valence-corrected chi connectivity index (χ0v) is 16.4. The molecular weight excluding hydrogens is 392 g/mol. The molecule has 0 unspecified atom stereocenters. The van der Waals surface area contributed by atoms with Crippen LogP contribution in [0.3, 0.4) is 0 Å². The summed E-state index contributed by atoms with van der Waals surface area (Å²) in [5.41, 5.74) is 4.10. The van der Waals surface area contributed by atoms with Crippen molar-refractivity contribution in [2.75, 3.05) is 7.11 Å². The topological polar surface area (TPSA) is 80.2 Å². The maximum Gasteiger partial charge on any atom is 0.275 e. The molecule has 3 rings (SSSR count). The second kappa shape index (κ2) is 9.61. The van der Waals surface area contributed by atoms with E-state index in [0.29, 0.717) is 23.1 Å². The van der Waals surface area contributed by atoms with Crippen molar-refractivity contribution >= 4 is 23.7 Å². The third kappa shape index (κ3) is 5.49. The fourth-order valence-electron chi connectivity index (χ4n) is 2.52. The van der Waals surface area contributed by atoms with E-state index >= 15 is 0 Å². The van der Waals surface area contributed by atoms with Crippen LogP contribution in [-0.4, -0.2) is 24.3 Å². The molecule has 1 amide bonds. The molecule has 3 aromatic carbocycles. The van der Waals surface area contributed by atoms with Gasteiger partial charge in [-0.25, -0.2) is 5.43 Å². The summed E-state index contributed by atoms with van der Waals surface area (Å²) in [5, 5.41) is 14.5. The number of benzene rings is 3. The molecule has 0 aliphatic carbocycles. The lowest BCUT2D eigenvalue weighted by molar-refractivity contribution is 0.0952. The van der Waals surface area contributed by atoms with Crippen molar-refractivity contribution in [3.8, 4) is 17.2 Å². The van der Waals surface area contributed by atoms with Crippen LogP contribution in [0.25, 0.3) is 0 Å². The predicted molar refractivity (Wildman–Crippen MR) is 112 cm³/mol. The molecule has 0 aliphatic rings. The third-order valence-corrected chi connectivity index (χ3v) is 4.41. The van der Waals surface area contributed by atoms with Gasteiger partial charge in [0.1, 0.15) is 23.9 Å². The average Bonchev–Trinajstić information content (AvgIpc) is 2.73. The number of aromatic hydroxyl groups is 1. The lowest BCUT2D eigenvalue weighted by Gasteiger charge is -2.08. The second-order valence-electron chi connectivity index (χ2n) is 6.03. The van der Waals surface area contributed by atoms with Crippen LogP contribution in [0.2, 0.25) is 5.02 Å². The first-order valence-electron chi connectivity index (χ1n) is 8.73. The number of carbonyl (C=O) groups is 1. The smallest absolute Gasteiger partial charge is 0.275 e. The molecule has 3 aromatic rings. The Morgan fingerprint density at radius 1 is 1.10 bits per heavy atom. The highest BCUT2D eigenvalue weighted by molar-refractivity contribution is 6.31. The number of rotatable bonds is 7. The molecule has 0 radical (unpaired) electrons. The Labute approximate surface area is 173 Å². The maximum absolute atomic E-state index is 12.2. The molecule has 0 atom stereocenters. The van der Waals surface area contributed by atoms with Crippen LogP contribution in [0.4, 0.5) is 0 Å². The number of ether oxygens (including phenoxy) is 2. The minimum atomic E-state index is -0.535. The highest BCUT2D eigenvalue weighted by atomic mass is 35.5. The van der Waals surface area contributed by atoms with E-state index in [1.54, 1.807) is 12.1 Å². The number of phenols is 1. The number of phenolic OH excluding ortho intramolecular Hbond substituents is 1. The van der Waals surface area contributed by atoms with Gasteiger partial charge in [-0.05, 0) is 35.9 Å². The highest BCUT2D eigenvalue weighted by Crippen LogP contribution is 2.23. The molecule has 0 spiro atoms. The van der Waals surface area contributed by atoms with E-state index in [0.717, 1.165) is 11.1 Å². The van der Waals surface area contributed by atoms with Gasteiger partial charge in [0.2, 0.25) is 0 Å². The summed E-state index contributed by atoms with van der Waals surface area (Å²) in [6.07, 6.45) is 1.49. The number of halogens is 1. The van der Waals surface area contributed by atoms with Crippen molar-refractivity contribution in [2.24, 2.45) is 5.10 Å². The largest absolute Gasteiger partial charge is 0.507 e. The highest BCUT2D eigenvalue weighted by Gasteiger charge is 2.11. The predicted octanol–water partition coefficient (Wildman–Crippen LogP) is 4.40. The van der Waals surface area contributed by atoms with E-state index in [2.05, 4.69) is 10.5 Å². The first kappa shape index (κ1) is 20.2. The minimum absolute atomic E-state index is 0.0970. The van der Waals surface area contributed by atoms with Gasteiger partial charge in [-0.3, -0.25) is 4.79 Å². The number of amides is 1. The van der Waals surface area contributed by atoms with Gasteiger partial charge in [0.15, 0.2) is 0 Å². The normalized spacial score (nSPS) is 10.7. The van der Waals surface area contributed by atoms with Crippen molar-refractivity contribution in [1.82, 2.24) is 5.43 Å². The van der Waals surface area contributed by atoms with Gasteiger partial charge in [0.25, 0.3) is 5.91 Å². The van der Waals surface area contributed by atoms with E-state index in [1.807, 2.05) is 42.5 Å². The number of methoxy groups -OCH3 is 1. The van der Waals surface area contributed by atoms with Crippen LogP contribution in [0.15, 0.2) is 71.8 Å². The Kier molecular flexibility index (Phi) is 6.71. The molecule has 0 aliphatic heterocycles. The minimum Gasteiger partial charge on any atom is -0.507 e. The summed E-state index contributed by atoms with van der Waals surface area (Å²) >= 11 is 6.13. The monoisotopic (exact) mass is 410 g/mol. The average molecular weight is 411 g/mol. The molecule has 2 N–H and O–H groups in total. The van der Waals surface area contributed by atoms with Crippen LogP contribution >= 0.6 is 11.6 Å². The van der Waals surface area contributed by atoms with Crippen molar-refractivity contribution in [2.45, 2.75) is 6.61 Å². The standard InChI is InChI=1S/C22H19ClN2O4/c1-28-17-9-10-19(21(26)12-17)22(27)25-24-13-15-5-4-7-18(11-15)29-14-16-6-2-3-8-20(16)23/h2-13,26H,14H2,1H3,(H,25,27)/b24-13-. The van der Waals surface area contributed by atoms with E-state index in [9.17, 15) is 9.90 Å². The van der Waals surface area contributed by atoms with Crippen molar-refractivity contribution in [1.29, 1.82) is 0 Å². The summed E-state index contributed by atoms with van der Waals surface area (Å²) in [4.78, 5) is 12.2.